The van der Waals surface area contributed by atoms with Crippen molar-refractivity contribution < 1.29 is 14.4 Å². The standard InChI is InChI=1S/C28H25N3O3S/c32-25(31-22-14-6-7-15-24(22)35-18-23(31)20-10-2-1-3-11-20)17-30-26(33)28(29-27(30)34)16-8-12-19-9-4-5-13-21(19)28/h1-7,9-11,13-15,23H,8,12,16-18H2,(H,29,34)/t23-,28+/m0/s1. The van der Waals surface area contributed by atoms with Crippen LogP contribution < -0.4 is 10.2 Å². The van der Waals surface area contributed by atoms with E-state index in [1.165, 1.54) is 0 Å². The van der Waals surface area contributed by atoms with Crippen LogP contribution in [0.4, 0.5) is 10.5 Å². The molecule has 2 atom stereocenters. The molecule has 2 heterocycles. The zero-order valence-electron chi connectivity index (χ0n) is 19.1. The van der Waals surface area contributed by atoms with Crippen molar-refractivity contribution in [2.45, 2.75) is 35.7 Å². The van der Waals surface area contributed by atoms with Gasteiger partial charge in [-0.1, -0.05) is 66.7 Å². The molecule has 1 spiro atoms. The number of anilines is 1. The molecule has 0 bridgehead atoms. The van der Waals surface area contributed by atoms with Gasteiger partial charge in [0.2, 0.25) is 5.91 Å². The predicted octanol–water partition coefficient (Wildman–Crippen LogP) is 4.65. The molecule has 4 amide bonds. The number of urea groups is 1. The number of carbonyl (C=O) groups is 3. The van der Waals surface area contributed by atoms with Gasteiger partial charge in [-0.05, 0) is 48.1 Å². The molecular weight excluding hydrogens is 458 g/mol. The summed E-state index contributed by atoms with van der Waals surface area (Å²) in [5, 5.41) is 2.96. The smallest absolute Gasteiger partial charge is 0.319 e. The van der Waals surface area contributed by atoms with E-state index in [2.05, 4.69) is 5.32 Å². The van der Waals surface area contributed by atoms with Crippen molar-refractivity contribution in [3.8, 4) is 0 Å². The van der Waals surface area contributed by atoms with E-state index in [1.807, 2.05) is 78.9 Å². The minimum Gasteiger partial charge on any atom is -0.319 e. The molecule has 0 aromatic heterocycles. The second-order valence-electron chi connectivity index (χ2n) is 9.21. The van der Waals surface area contributed by atoms with E-state index in [1.54, 1.807) is 16.7 Å². The van der Waals surface area contributed by atoms with Crippen LogP contribution in [0.5, 0.6) is 0 Å². The molecule has 176 valence electrons. The van der Waals surface area contributed by atoms with Crippen molar-refractivity contribution in [1.29, 1.82) is 0 Å². The molecule has 1 N–H and O–H groups in total. The Morgan fingerprint density at radius 3 is 2.57 bits per heavy atom. The largest absolute Gasteiger partial charge is 0.325 e. The van der Waals surface area contributed by atoms with Crippen LogP contribution in [0, 0.1) is 0 Å². The van der Waals surface area contributed by atoms with E-state index in [9.17, 15) is 14.4 Å². The maximum atomic E-state index is 13.9. The number of imide groups is 1. The molecule has 2 aliphatic heterocycles. The predicted molar refractivity (Wildman–Crippen MR) is 135 cm³/mol. The van der Waals surface area contributed by atoms with Crippen molar-refractivity contribution in [3.05, 3.63) is 95.6 Å². The second-order valence-corrected chi connectivity index (χ2v) is 10.3. The lowest BCUT2D eigenvalue weighted by atomic mass is 9.76. The van der Waals surface area contributed by atoms with Gasteiger partial charge >= 0.3 is 6.03 Å². The molecule has 7 heteroatoms. The Hall–Kier alpha value is -3.58. The van der Waals surface area contributed by atoms with Gasteiger partial charge in [0.25, 0.3) is 5.91 Å². The van der Waals surface area contributed by atoms with Crippen molar-refractivity contribution in [1.82, 2.24) is 10.2 Å². The van der Waals surface area contributed by atoms with Crippen LogP contribution in [-0.4, -0.2) is 35.0 Å². The third-order valence-corrected chi connectivity index (χ3v) is 8.37. The maximum Gasteiger partial charge on any atom is 0.325 e. The first-order chi connectivity index (χ1) is 17.1. The van der Waals surface area contributed by atoms with Crippen molar-refractivity contribution in [3.63, 3.8) is 0 Å². The summed E-state index contributed by atoms with van der Waals surface area (Å²) in [4.78, 5) is 44.6. The zero-order chi connectivity index (χ0) is 24.0. The number of thioether (sulfide) groups is 1. The van der Waals surface area contributed by atoms with Crippen molar-refractivity contribution >= 4 is 35.3 Å². The monoisotopic (exact) mass is 483 g/mol. The molecular formula is C28H25N3O3S. The fraction of sp³-hybridized carbons (Fsp3) is 0.250. The molecule has 0 radical (unpaired) electrons. The second kappa shape index (κ2) is 8.57. The molecule has 1 saturated heterocycles. The Kier molecular flexibility index (Phi) is 5.37. The Balaban J connectivity index is 1.33. The number of rotatable bonds is 3. The van der Waals surface area contributed by atoms with Crippen LogP contribution in [0.2, 0.25) is 0 Å². The van der Waals surface area contributed by atoms with Gasteiger partial charge in [0, 0.05) is 10.6 Å². The number of hydrogen-bond donors (Lipinski definition) is 1. The number of nitrogens with zero attached hydrogens (tertiary/aromatic N) is 2. The quantitative estimate of drug-likeness (QED) is 0.551. The van der Waals surface area contributed by atoms with Crippen LogP contribution in [0.15, 0.2) is 83.8 Å². The van der Waals surface area contributed by atoms with Crippen molar-refractivity contribution in [2.75, 3.05) is 17.2 Å². The number of amides is 4. The van der Waals surface area contributed by atoms with Gasteiger partial charge in [-0.15, -0.1) is 11.8 Å². The van der Waals surface area contributed by atoms with E-state index < -0.39 is 11.6 Å². The highest BCUT2D eigenvalue weighted by Gasteiger charge is 2.54. The first-order valence-corrected chi connectivity index (χ1v) is 12.9. The summed E-state index contributed by atoms with van der Waals surface area (Å²) in [6, 6.07) is 24.8. The Bertz CT molecular complexity index is 1330. The summed E-state index contributed by atoms with van der Waals surface area (Å²) in [5.74, 6) is 0.0969. The van der Waals surface area contributed by atoms with E-state index in [0.29, 0.717) is 12.2 Å². The van der Waals surface area contributed by atoms with E-state index in [4.69, 9.17) is 0 Å². The number of fused-ring (bicyclic) bond motifs is 3. The van der Waals surface area contributed by atoms with E-state index >= 15 is 0 Å². The molecule has 6 nitrogen and oxygen atoms in total. The highest BCUT2D eigenvalue weighted by atomic mass is 32.2. The molecule has 35 heavy (non-hydrogen) atoms. The fourth-order valence-electron chi connectivity index (χ4n) is 5.58. The number of benzene rings is 3. The molecule has 0 saturated carbocycles. The highest BCUT2D eigenvalue weighted by molar-refractivity contribution is 7.99. The Labute approximate surface area is 208 Å². The Morgan fingerprint density at radius 1 is 0.971 bits per heavy atom. The van der Waals surface area contributed by atoms with Crippen LogP contribution in [0.3, 0.4) is 0 Å². The number of carbonyl (C=O) groups excluding carboxylic acids is 3. The van der Waals surface area contributed by atoms with Gasteiger partial charge in [0.05, 0.1) is 11.7 Å². The molecule has 3 aliphatic rings. The van der Waals surface area contributed by atoms with E-state index in [0.717, 1.165) is 45.0 Å². The molecule has 3 aromatic rings. The summed E-state index contributed by atoms with van der Waals surface area (Å²) < 4.78 is 0. The van der Waals surface area contributed by atoms with Gasteiger partial charge in [0.1, 0.15) is 12.1 Å². The molecule has 6 rings (SSSR count). The van der Waals surface area contributed by atoms with Crippen molar-refractivity contribution in [2.24, 2.45) is 0 Å². The summed E-state index contributed by atoms with van der Waals surface area (Å²) in [5.41, 5.74) is 2.68. The third kappa shape index (κ3) is 3.53. The topological polar surface area (TPSA) is 69.7 Å². The van der Waals surface area contributed by atoms with Gasteiger partial charge < -0.3 is 10.2 Å². The lowest BCUT2D eigenvalue weighted by molar-refractivity contribution is -0.135. The summed E-state index contributed by atoms with van der Waals surface area (Å²) in [6.07, 6.45) is 2.22. The number of nitrogens with one attached hydrogen (secondary N) is 1. The van der Waals surface area contributed by atoms with Crippen LogP contribution in [0.25, 0.3) is 0 Å². The average Bonchev–Trinajstić information content (AvgIpc) is 3.13. The van der Waals surface area contributed by atoms with Gasteiger partial charge in [-0.3, -0.25) is 14.5 Å². The number of aryl methyl sites for hydroxylation is 1. The molecule has 3 aromatic carbocycles. The number of para-hydroxylation sites is 1. The summed E-state index contributed by atoms with van der Waals surface area (Å²) in [6.45, 7) is -0.295. The maximum absolute atomic E-state index is 13.9. The lowest BCUT2D eigenvalue weighted by Crippen LogP contribution is -2.48. The normalized spacial score (nSPS) is 23.1. The summed E-state index contributed by atoms with van der Waals surface area (Å²) in [7, 11) is 0. The first kappa shape index (κ1) is 21.9. The first-order valence-electron chi connectivity index (χ1n) is 11.9. The highest BCUT2D eigenvalue weighted by Crippen LogP contribution is 2.44. The zero-order valence-corrected chi connectivity index (χ0v) is 20.0. The van der Waals surface area contributed by atoms with Crippen LogP contribution in [0.1, 0.15) is 35.6 Å². The van der Waals surface area contributed by atoms with Gasteiger partial charge in [-0.2, -0.15) is 0 Å². The fourth-order valence-corrected chi connectivity index (χ4v) is 6.75. The minimum absolute atomic E-state index is 0.186. The summed E-state index contributed by atoms with van der Waals surface area (Å²) >= 11 is 1.71. The van der Waals surface area contributed by atoms with Gasteiger partial charge in [-0.25, -0.2) is 4.79 Å². The number of hydrogen-bond acceptors (Lipinski definition) is 4. The average molecular weight is 484 g/mol. The van der Waals surface area contributed by atoms with Gasteiger partial charge in [0.15, 0.2) is 0 Å². The third-order valence-electron chi connectivity index (χ3n) is 7.23. The van der Waals surface area contributed by atoms with E-state index in [-0.39, 0.29) is 24.4 Å². The molecule has 1 aliphatic carbocycles. The minimum atomic E-state index is -1.08. The SMILES string of the molecule is O=C1N[C@@]2(CCCc3ccccc32)C(=O)N1CC(=O)N1c2ccccc2SC[C@H]1c1ccccc1. The Morgan fingerprint density at radius 2 is 1.71 bits per heavy atom. The van der Waals surface area contributed by atoms with Crippen LogP contribution >= 0.6 is 11.8 Å². The molecule has 0 unspecified atom stereocenters. The molecule has 1 fully saturated rings. The van der Waals surface area contributed by atoms with Crippen LogP contribution in [-0.2, 0) is 21.5 Å². The lowest BCUT2D eigenvalue weighted by Gasteiger charge is -2.38.